The highest BCUT2D eigenvalue weighted by atomic mass is 127. The first-order chi connectivity index (χ1) is 12.1. The summed E-state index contributed by atoms with van der Waals surface area (Å²) >= 11 is 1.80. The first-order valence-corrected chi connectivity index (χ1v) is 10.3. The third kappa shape index (κ3) is 5.34. The van der Waals surface area contributed by atoms with E-state index in [0.29, 0.717) is 11.8 Å². The summed E-state index contributed by atoms with van der Waals surface area (Å²) in [5.41, 5.74) is 1.30. The Morgan fingerprint density at radius 1 is 1.31 bits per heavy atom. The fraction of sp³-hybridized carbons (Fsp3) is 0.684. The van der Waals surface area contributed by atoms with E-state index in [0.717, 1.165) is 45.1 Å². The second-order valence-corrected chi connectivity index (χ2v) is 8.46. The Morgan fingerprint density at radius 2 is 2.04 bits per heavy atom. The molecule has 2 atom stereocenters. The maximum absolute atomic E-state index is 12.6. The molecule has 26 heavy (non-hydrogen) atoms. The molecule has 0 spiro atoms. The number of amides is 1. The van der Waals surface area contributed by atoms with Crippen molar-refractivity contribution in [3.05, 3.63) is 21.9 Å². The van der Waals surface area contributed by atoms with E-state index in [4.69, 9.17) is 0 Å². The van der Waals surface area contributed by atoms with E-state index in [1.807, 2.05) is 4.90 Å². The van der Waals surface area contributed by atoms with Gasteiger partial charge in [0.05, 0.1) is 0 Å². The second-order valence-electron chi connectivity index (χ2n) is 7.46. The summed E-state index contributed by atoms with van der Waals surface area (Å²) in [5, 5.41) is 5.49. The van der Waals surface area contributed by atoms with Crippen LogP contribution in [0.25, 0.3) is 0 Å². The van der Waals surface area contributed by atoms with E-state index < -0.39 is 0 Å². The highest BCUT2D eigenvalue weighted by Crippen LogP contribution is 2.24. The largest absolute Gasteiger partial charge is 0.357 e. The normalized spacial score (nSPS) is 23.3. The van der Waals surface area contributed by atoms with Gasteiger partial charge in [-0.15, -0.1) is 35.3 Å². The number of fused-ring (bicyclic) bond motifs is 1. The predicted molar refractivity (Wildman–Crippen MR) is 119 cm³/mol. The van der Waals surface area contributed by atoms with Gasteiger partial charge in [0, 0.05) is 37.6 Å². The minimum atomic E-state index is 0. The molecular weight excluding hydrogens is 459 g/mol. The van der Waals surface area contributed by atoms with Crippen molar-refractivity contribution in [2.45, 2.75) is 40.2 Å². The number of carbonyl (C=O) groups excluding carboxylic acids is 1. The zero-order valence-electron chi connectivity index (χ0n) is 16.0. The van der Waals surface area contributed by atoms with Gasteiger partial charge < -0.3 is 15.1 Å². The number of nitrogens with one attached hydrogen (secondary N) is 1. The fourth-order valence-electron chi connectivity index (χ4n) is 3.97. The molecule has 146 valence electrons. The molecule has 3 heterocycles. The van der Waals surface area contributed by atoms with Crippen LogP contribution in [0, 0.1) is 11.8 Å². The SMILES string of the molecule is CCNC(=NCC(=O)N1CCc2sccc2C1)N1CC(C)CC(C)C1.I. The van der Waals surface area contributed by atoms with Gasteiger partial charge >= 0.3 is 0 Å². The summed E-state index contributed by atoms with van der Waals surface area (Å²) in [6, 6.07) is 2.14. The highest BCUT2D eigenvalue weighted by Gasteiger charge is 2.25. The van der Waals surface area contributed by atoms with Crippen molar-refractivity contribution in [2.75, 3.05) is 32.7 Å². The van der Waals surface area contributed by atoms with E-state index in [1.54, 1.807) is 11.3 Å². The number of aliphatic imine (C=N–C) groups is 1. The third-order valence-electron chi connectivity index (χ3n) is 5.03. The van der Waals surface area contributed by atoms with E-state index in [-0.39, 0.29) is 36.4 Å². The molecule has 0 aliphatic carbocycles. The molecule has 1 amide bonds. The summed E-state index contributed by atoms with van der Waals surface area (Å²) in [5.74, 6) is 2.36. The van der Waals surface area contributed by atoms with E-state index in [1.165, 1.54) is 16.9 Å². The number of thiophene rings is 1. The van der Waals surface area contributed by atoms with Crippen molar-refractivity contribution in [1.82, 2.24) is 15.1 Å². The van der Waals surface area contributed by atoms with Crippen LogP contribution in [0.15, 0.2) is 16.4 Å². The number of piperidine rings is 1. The standard InChI is InChI=1S/C19H30N4OS.HI/c1-4-20-19(23-11-14(2)9-15(3)12-23)21-10-18(24)22-7-5-17-16(13-22)6-8-25-17;/h6,8,14-15H,4-5,7,9-13H2,1-3H3,(H,20,21);1H. The van der Waals surface area contributed by atoms with Gasteiger partial charge in [0.1, 0.15) is 6.54 Å². The maximum Gasteiger partial charge on any atom is 0.244 e. The van der Waals surface area contributed by atoms with Crippen molar-refractivity contribution < 1.29 is 4.79 Å². The van der Waals surface area contributed by atoms with Crippen molar-refractivity contribution >= 4 is 47.2 Å². The van der Waals surface area contributed by atoms with Crippen LogP contribution in [0.1, 0.15) is 37.6 Å². The van der Waals surface area contributed by atoms with Crippen molar-refractivity contribution in [2.24, 2.45) is 16.8 Å². The molecule has 3 rings (SSSR count). The summed E-state index contributed by atoms with van der Waals surface area (Å²) < 4.78 is 0. The topological polar surface area (TPSA) is 47.9 Å². The summed E-state index contributed by atoms with van der Waals surface area (Å²) in [4.78, 5) is 23.0. The molecular formula is C19H31IN4OS. The van der Waals surface area contributed by atoms with Crippen molar-refractivity contribution in [3.8, 4) is 0 Å². The van der Waals surface area contributed by atoms with Crippen LogP contribution in [0.5, 0.6) is 0 Å². The number of hydrogen-bond donors (Lipinski definition) is 1. The van der Waals surface area contributed by atoms with Gasteiger partial charge in [-0.05, 0) is 48.6 Å². The number of guanidine groups is 1. The molecule has 0 aromatic carbocycles. The zero-order valence-corrected chi connectivity index (χ0v) is 19.2. The highest BCUT2D eigenvalue weighted by molar-refractivity contribution is 14.0. The second kappa shape index (κ2) is 9.92. The van der Waals surface area contributed by atoms with Gasteiger partial charge in [-0.25, -0.2) is 4.99 Å². The van der Waals surface area contributed by atoms with Gasteiger partial charge in [0.25, 0.3) is 0 Å². The Morgan fingerprint density at radius 3 is 2.73 bits per heavy atom. The van der Waals surface area contributed by atoms with E-state index in [9.17, 15) is 4.79 Å². The predicted octanol–water partition coefficient (Wildman–Crippen LogP) is 3.19. The number of hydrogen-bond acceptors (Lipinski definition) is 3. The van der Waals surface area contributed by atoms with Crippen LogP contribution in [0.2, 0.25) is 0 Å². The molecule has 2 aliphatic rings. The quantitative estimate of drug-likeness (QED) is 0.402. The van der Waals surface area contributed by atoms with Gasteiger partial charge in [0.2, 0.25) is 5.91 Å². The molecule has 7 heteroatoms. The zero-order chi connectivity index (χ0) is 17.8. The first-order valence-electron chi connectivity index (χ1n) is 9.43. The monoisotopic (exact) mass is 490 g/mol. The van der Waals surface area contributed by atoms with Crippen LogP contribution >= 0.6 is 35.3 Å². The van der Waals surface area contributed by atoms with E-state index >= 15 is 0 Å². The molecule has 5 nitrogen and oxygen atoms in total. The molecule has 1 N–H and O–H groups in total. The van der Waals surface area contributed by atoms with Crippen LogP contribution in [0.3, 0.4) is 0 Å². The molecule has 0 saturated carbocycles. The average Bonchev–Trinajstić information content (AvgIpc) is 3.05. The lowest BCUT2D eigenvalue weighted by Crippen LogP contribution is -2.49. The Labute approximate surface area is 178 Å². The molecule has 1 fully saturated rings. The minimum Gasteiger partial charge on any atom is -0.357 e. The average molecular weight is 490 g/mol. The third-order valence-corrected chi connectivity index (χ3v) is 6.05. The van der Waals surface area contributed by atoms with Gasteiger partial charge in [-0.3, -0.25) is 4.79 Å². The molecule has 2 aliphatic heterocycles. The van der Waals surface area contributed by atoms with Gasteiger partial charge in [0.15, 0.2) is 5.96 Å². The molecule has 2 unspecified atom stereocenters. The number of halogens is 1. The summed E-state index contributed by atoms with van der Waals surface area (Å²) in [6.07, 6.45) is 2.25. The fourth-order valence-corrected chi connectivity index (χ4v) is 4.86. The van der Waals surface area contributed by atoms with Crippen LogP contribution in [0.4, 0.5) is 0 Å². The van der Waals surface area contributed by atoms with Crippen molar-refractivity contribution in [3.63, 3.8) is 0 Å². The van der Waals surface area contributed by atoms with Crippen molar-refractivity contribution in [1.29, 1.82) is 0 Å². The minimum absolute atomic E-state index is 0. The first kappa shape index (κ1) is 21.5. The lowest BCUT2D eigenvalue weighted by Gasteiger charge is -2.37. The van der Waals surface area contributed by atoms with Gasteiger partial charge in [-0.1, -0.05) is 13.8 Å². The Hall–Kier alpha value is -0.830. The summed E-state index contributed by atoms with van der Waals surface area (Å²) in [6.45, 7) is 11.3. The Bertz CT molecular complexity index is 623. The molecule has 0 radical (unpaired) electrons. The Balaban J connectivity index is 0.00000243. The number of carbonyl (C=O) groups is 1. The molecule has 1 aromatic rings. The van der Waals surface area contributed by atoms with Crippen LogP contribution in [-0.2, 0) is 17.8 Å². The molecule has 1 aromatic heterocycles. The Kier molecular flexibility index (Phi) is 8.19. The number of rotatable bonds is 3. The van der Waals surface area contributed by atoms with E-state index in [2.05, 4.69) is 47.4 Å². The smallest absolute Gasteiger partial charge is 0.244 e. The number of likely N-dealkylation sites (tertiary alicyclic amines) is 1. The summed E-state index contributed by atoms with van der Waals surface area (Å²) in [7, 11) is 0. The number of nitrogens with zero attached hydrogens (tertiary/aromatic N) is 3. The van der Waals surface area contributed by atoms with Crippen LogP contribution in [-0.4, -0.2) is 54.4 Å². The molecule has 0 bridgehead atoms. The maximum atomic E-state index is 12.6. The lowest BCUT2D eigenvalue weighted by molar-refractivity contribution is -0.130. The molecule has 1 saturated heterocycles. The lowest BCUT2D eigenvalue weighted by atomic mass is 9.92. The van der Waals surface area contributed by atoms with Gasteiger partial charge in [-0.2, -0.15) is 0 Å². The van der Waals surface area contributed by atoms with Crippen LogP contribution < -0.4 is 5.32 Å².